The molecule has 1 unspecified atom stereocenters. The van der Waals surface area contributed by atoms with E-state index in [1.54, 1.807) is 20.3 Å². The van der Waals surface area contributed by atoms with Gasteiger partial charge in [0.05, 0.1) is 26.5 Å². The molecule has 37 heavy (non-hydrogen) atoms. The average Bonchev–Trinajstić information content (AvgIpc) is 3.38. The van der Waals surface area contributed by atoms with Crippen molar-refractivity contribution >= 4 is 18.1 Å². The third kappa shape index (κ3) is 5.68. The van der Waals surface area contributed by atoms with Gasteiger partial charge in [-0.05, 0) is 46.3 Å². The molecule has 2 heterocycles. The lowest BCUT2D eigenvalue weighted by Gasteiger charge is -2.40. The molecule has 8 nitrogen and oxygen atoms in total. The van der Waals surface area contributed by atoms with Crippen LogP contribution >= 0.6 is 12.4 Å². The maximum absolute atomic E-state index is 14.4. The first kappa shape index (κ1) is 26.4. The third-order valence-electron chi connectivity index (χ3n) is 6.60. The van der Waals surface area contributed by atoms with Gasteiger partial charge >= 0.3 is 0 Å². The molecule has 10 heteroatoms. The maximum atomic E-state index is 14.4. The highest BCUT2D eigenvalue weighted by atomic mass is 35.5. The van der Waals surface area contributed by atoms with E-state index in [1.807, 2.05) is 59.3 Å². The minimum atomic E-state index is -0.225. The zero-order chi connectivity index (χ0) is 24.9. The predicted molar refractivity (Wildman–Crippen MR) is 142 cm³/mol. The minimum Gasteiger partial charge on any atom is -0.497 e. The van der Waals surface area contributed by atoms with Crippen LogP contribution in [0.1, 0.15) is 23.0 Å². The second-order valence-corrected chi connectivity index (χ2v) is 8.66. The Morgan fingerprint density at radius 1 is 0.865 bits per heavy atom. The van der Waals surface area contributed by atoms with Crippen LogP contribution in [-0.2, 0) is 6.54 Å². The molecule has 1 aromatic heterocycles. The molecule has 4 aromatic rings. The molecule has 0 radical (unpaired) electrons. The third-order valence-corrected chi connectivity index (χ3v) is 6.60. The van der Waals surface area contributed by atoms with Crippen molar-refractivity contribution in [1.82, 2.24) is 25.1 Å². The summed E-state index contributed by atoms with van der Waals surface area (Å²) in [6.07, 6.45) is 0. The molecule has 0 saturated carbocycles. The van der Waals surface area contributed by atoms with Gasteiger partial charge < -0.3 is 14.4 Å². The first-order chi connectivity index (χ1) is 17.7. The smallest absolute Gasteiger partial charge is 0.173 e. The van der Waals surface area contributed by atoms with Gasteiger partial charge in [0.1, 0.15) is 23.4 Å². The van der Waals surface area contributed by atoms with E-state index >= 15 is 0 Å². The van der Waals surface area contributed by atoms with E-state index in [0.717, 1.165) is 28.5 Å². The van der Waals surface area contributed by atoms with E-state index in [-0.39, 0.29) is 24.3 Å². The van der Waals surface area contributed by atoms with E-state index < -0.39 is 0 Å². The molecule has 1 aliphatic rings. The van der Waals surface area contributed by atoms with Crippen LogP contribution in [0, 0.1) is 5.82 Å². The van der Waals surface area contributed by atoms with Crippen molar-refractivity contribution in [3.8, 4) is 11.5 Å². The molecular weight excluding hydrogens is 495 g/mol. The summed E-state index contributed by atoms with van der Waals surface area (Å²) in [7, 11) is 3.32. The zero-order valence-corrected chi connectivity index (χ0v) is 21.6. The van der Waals surface area contributed by atoms with Crippen molar-refractivity contribution in [1.29, 1.82) is 0 Å². The summed E-state index contributed by atoms with van der Waals surface area (Å²) < 4.78 is 27.3. The fourth-order valence-corrected chi connectivity index (χ4v) is 4.74. The van der Waals surface area contributed by atoms with E-state index in [1.165, 1.54) is 6.07 Å². The topological polar surface area (TPSA) is 68.5 Å². The molecule has 0 amide bonds. The first-order valence-corrected chi connectivity index (χ1v) is 11.9. The zero-order valence-electron chi connectivity index (χ0n) is 20.8. The highest BCUT2D eigenvalue weighted by molar-refractivity contribution is 5.85. The number of methoxy groups -OCH3 is 2. The Bertz CT molecular complexity index is 1290. The van der Waals surface area contributed by atoms with E-state index in [9.17, 15) is 4.39 Å². The number of halogens is 2. The van der Waals surface area contributed by atoms with Crippen LogP contribution in [0.15, 0.2) is 72.8 Å². The highest BCUT2D eigenvalue weighted by Gasteiger charge is 2.33. The van der Waals surface area contributed by atoms with Crippen LogP contribution in [0.2, 0.25) is 0 Å². The van der Waals surface area contributed by atoms with Crippen molar-refractivity contribution in [3.05, 3.63) is 95.6 Å². The largest absolute Gasteiger partial charge is 0.497 e. The second-order valence-electron chi connectivity index (χ2n) is 8.66. The summed E-state index contributed by atoms with van der Waals surface area (Å²) in [4.78, 5) is 4.43. The number of benzene rings is 3. The Morgan fingerprint density at radius 2 is 1.57 bits per heavy atom. The number of ether oxygens (including phenoxy) is 2. The number of piperazine rings is 1. The van der Waals surface area contributed by atoms with Gasteiger partial charge in [0, 0.05) is 31.7 Å². The molecule has 0 aliphatic carbocycles. The molecule has 0 spiro atoms. The van der Waals surface area contributed by atoms with Gasteiger partial charge in [0.15, 0.2) is 5.82 Å². The Labute approximate surface area is 222 Å². The van der Waals surface area contributed by atoms with Crippen LogP contribution < -0.4 is 14.4 Å². The Morgan fingerprint density at radius 3 is 2.27 bits per heavy atom. The molecule has 1 atom stereocenters. The number of hydrogen-bond donors (Lipinski definition) is 0. The molecule has 3 aromatic carbocycles. The predicted octanol–water partition coefficient (Wildman–Crippen LogP) is 4.21. The lowest BCUT2D eigenvalue weighted by Crippen LogP contribution is -2.48. The monoisotopic (exact) mass is 524 g/mol. The van der Waals surface area contributed by atoms with E-state index in [4.69, 9.17) is 9.47 Å². The average molecular weight is 525 g/mol. The highest BCUT2D eigenvalue weighted by Crippen LogP contribution is 2.35. The number of hydrogen-bond acceptors (Lipinski definition) is 7. The van der Waals surface area contributed by atoms with Crippen molar-refractivity contribution in [2.75, 3.05) is 45.3 Å². The number of tetrazole rings is 1. The first-order valence-electron chi connectivity index (χ1n) is 11.9. The maximum Gasteiger partial charge on any atom is 0.173 e. The van der Waals surface area contributed by atoms with Crippen molar-refractivity contribution in [2.45, 2.75) is 12.6 Å². The SMILES string of the molecule is COc1ccc(Cn2nnnc2C(c2ccccc2OC)N2CCN(c3ccccc3F)CC2)cc1.Cl. The molecule has 194 valence electrons. The fraction of sp³-hybridized carbons (Fsp3) is 0.296. The normalized spacial score (nSPS) is 14.6. The molecule has 5 rings (SSSR count). The van der Waals surface area contributed by atoms with Crippen LogP contribution in [0.25, 0.3) is 0 Å². The van der Waals surface area contributed by atoms with Gasteiger partial charge in [-0.25, -0.2) is 9.07 Å². The Kier molecular flexibility index (Phi) is 8.58. The van der Waals surface area contributed by atoms with Crippen LogP contribution in [0.4, 0.5) is 10.1 Å². The number of para-hydroxylation sites is 2. The molecule has 0 bridgehead atoms. The number of aromatic nitrogens is 4. The van der Waals surface area contributed by atoms with Crippen LogP contribution in [0.3, 0.4) is 0 Å². The number of rotatable bonds is 8. The molecule has 1 fully saturated rings. The number of anilines is 1. The van der Waals surface area contributed by atoms with Crippen LogP contribution in [-0.4, -0.2) is 65.5 Å². The minimum absolute atomic E-state index is 0. The second kappa shape index (κ2) is 12.0. The van der Waals surface area contributed by atoms with Gasteiger partial charge in [-0.15, -0.1) is 17.5 Å². The van der Waals surface area contributed by atoms with Gasteiger partial charge in [0.25, 0.3) is 0 Å². The summed E-state index contributed by atoms with van der Waals surface area (Å²) in [5, 5.41) is 12.8. The standard InChI is InChI=1S/C27H29FN6O2.ClH/c1-35-21-13-11-20(12-14-21)19-34-27(29-30-31-34)26(22-7-3-6-10-25(22)36-2)33-17-15-32(16-18-33)24-9-5-4-8-23(24)28;/h3-14,26H,15-19H2,1-2H3;1H. The molecule has 1 saturated heterocycles. The fourth-order valence-electron chi connectivity index (χ4n) is 4.74. The van der Waals surface area contributed by atoms with Gasteiger partial charge in [-0.3, -0.25) is 4.90 Å². The summed E-state index contributed by atoms with van der Waals surface area (Å²) in [5.74, 6) is 2.11. The van der Waals surface area contributed by atoms with Crippen molar-refractivity contribution in [2.24, 2.45) is 0 Å². The molecular formula is C27H30ClFN6O2. The van der Waals surface area contributed by atoms with Gasteiger partial charge in [-0.2, -0.15) is 0 Å². The summed E-state index contributed by atoms with van der Waals surface area (Å²) in [6.45, 7) is 3.32. The molecule has 0 N–H and O–H groups in total. The van der Waals surface area contributed by atoms with E-state index in [2.05, 4.69) is 31.4 Å². The Hall–Kier alpha value is -3.69. The quantitative estimate of drug-likeness (QED) is 0.342. The number of nitrogens with zero attached hydrogens (tertiary/aromatic N) is 6. The van der Waals surface area contributed by atoms with Crippen LogP contribution in [0.5, 0.6) is 11.5 Å². The summed E-state index contributed by atoms with van der Waals surface area (Å²) in [6, 6.07) is 22.5. The lowest BCUT2D eigenvalue weighted by atomic mass is 10.0. The lowest BCUT2D eigenvalue weighted by molar-refractivity contribution is 0.197. The van der Waals surface area contributed by atoms with Crippen molar-refractivity contribution < 1.29 is 13.9 Å². The van der Waals surface area contributed by atoms with Gasteiger partial charge in [0.2, 0.25) is 0 Å². The summed E-state index contributed by atoms with van der Waals surface area (Å²) >= 11 is 0. The van der Waals surface area contributed by atoms with E-state index in [0.29, 0.717) is 38.4 Å². The van der Waals surface area contributed by atoms with Crippen molar-refractivity contribution in [3.63, 3.8) is 0 Å². The Balaban J connectivity index is 0.00000320. The summed E-state index contributed by atoms with van der Waals surface area (Å²) in [5.41, 5.74) is 2.69. The molecule has 1 aliphatic heterocycles. The van der Waals surface area contributed by atoms with Gasteiger partial charge in [-0.1, -0.05) is 42.5 Å².